The smallest absolute Gasteiger partial charge is 0.230 e. The number of nitrogens with zero attached hydrogens (tertiary/aromatic N) is 3. The lowest BCUT2D eigenvalue weighted by Gasteiger charge is -2.07. The highest BCUT2D eigenvalue weighted by atomic mass is 32.2. The van der Waals surface area contributed by atoms with Gasteiger partial charge in [0.15, 0.2) is 5.16 Å². The van der Waals surface area contributed by atoms with Gasteiger partial charge in [0, 0.05) is 19.0 Å². The van der Waals surface area contributed by atoms with Crippen molar-refractivity contribution in [3.63, 3.8) is 0 Å². The molecule has 0 saturated heterocycles. The minimum absolute atomic E-state index is 0.0877. The van der Waals surface area contributed by atoms with E-state index in [-0.39, 0.29) is 5.91 Å². The van der Waals surface area contributed by atoms with Crippen LogP contribution in [-0.2, 0) is 11.3 Å². The number of thioether (sulfide) groups is 1. The van der Waals surface area contributed by atoms with E-state index in [1.165, 1.54) is 37.4 Å². The first-order valence-electron chi connectivity index (χ1n) is 7.58. The first-order valence-corrected chi connectivity index (χ1v) is 8.57. The predicted molar refractivity (Wildman–Crippen MR) is 80.9 cm³/mol. The van der Waals surface area contributed by atoms with Crippen LogP contribution in [0.5, 0.6) is 0 Å². The van der Waals surface area contributed by atoms with E-state index in [0.29, 0.717) is 11.7 Å². The maximum Gasteiger partial charge on any atom is 0.230 e. The van der Waals surface area contributed by atoms with Crippen LogP contribution in [0, 0.1) is 0 Å². The number of aromatic nitrogens is 3. The van der Waals surface area contributed by atoms with E-state index in [1.54, 1.807) is 0 Å². The van der Waals surface area contributed by atoms with Crippen molar-refractivity contribution in [1.82, 2.24) is 20.1 Å². The molecule has 1 N–H and O–H groups in total. The molecule has 0 aliphatic heterocycles. The summed E-state index contributed by atoms with van der Waals surface area (Å²) in [5.74, 6) is 2.21. The first kappa shape index (κ1) is 15.4. The summed E-state index contributed by atoms with van der Waals surface area (Å²) in [7, 11) is 0. The molecule has 1 aliphatic carbocycles. The van der Waals surface area contributed by atoms with Crippen LogP contribution in [0.25, 0.3) is 0 Å². The van der Waals surface area contributed by atoms with Gasteiger partial charge in [-0.15, -0.1) is 10.2 Å². The fraction of sp³-hybridized carbons (Fsp3) is 0.786. The Bertz CT molecular complexity index is 442. The van der Waals surface area contributed by atoms with Crippen LogP contribution in [-0.4, -0.2) is 33.0 Å². The Balaban J connectivity index is 1.77. The van der Waals surface area contributed by atoms with Gasteiger partial charge in [0.05, 0.1) is 5.75 Å². The molecule has 0 bridgehead atoms. The molecule has 0 aromatic carbocycles. The van der Waals surface area contributed by atoms with E-state index in [0.717, 1.165) is 30.5 Å². The number of hydrogen-bond donors (Lipinski definition) is 1. The van der Waals surface area contributed by atoms with E-state index >= 15 is 0 Å². The fourth-order valence-corrected chi connectivity index (χ4v) is 2.97. The number of hydrogen-bond acceptors (Lipinski definition) is 4. The van der Waals surface area contributed by atoms with Gasteiger partial charge in [-0.25, -0.2) is 0 Å². The molecular formula is C14H24N4OS. The van der Waals surface area contributed by atoms with Gasteiger partial charge in [-0.3, -0.25) is 4.79 Å². The highest BCUT2D eigenvalue weighted by molar-refractivity contribution is 7.99. The average molecular weight is 296 g/mol. The molecule has 1 saturated carbocycles. The van der Waals surface area contributed by atoms with Crippen molar-refractivity contribution in [2.24, 2.45) is 0 Å². The number of amides is 1. The molecule has 1 aromatic heterocycles. The summed E-state index contributed by atoms with van der Waals surface area (Å²) < 4.78 is 2.15. The van der Waals surface area contributed by atoms with Crippen molar-refractivity contribution < 1.29 is 4.79 Å². The Kier molecular flexibility index (Phi) is 5.88. The molecule has 0 atom stereocenters. The van der Waals surface area contributed by atoms with E-state index in [2.05, 4.69) is 33.9 Å². The Labute approximate surface area is 124 Å². The van der Waals surface area contributed by atoms with E-state index < -0.39 is 0 Å². The molecule has 1 heterocycles. The summed E-state index contributed by atoms with van der Waals surface area (Å²) >= 11 is 1.49. The second kappa shape index (κ2) is 7.67. The third kappa shape index (κ3) is 4.23. The molecule has 20 heavy (non-hydrogen) atoms. The van der Waals surface area contributed by atoms with Gasteiger partial charge in [-0.1, -0.05) is 31.5 Å². The molecule has 1 aromatic rings. The van der Waals surface area contributed by atoms with Crippen LogP contribution in [0.2, 0.25) is 0 Å². The summed E-state index contributed by atoms with van der Waals surface area (Å²) in [5, 5.41) is 12.3. The fourth-order valence-electron chi connectivity index (χ4n) is 2.13. The minimum Gasteiger partial charge on any atom is -0.355 e. The van der Waals surface area contributed by atoms with E-state index in [9.17, 15) is 4.79 Å². The zero-order chi connectivity index (χ0) is 14.4. The largest absolute Gasteiger partial charge is 0.355 e. The maximum atomic E-state index is 11.7. The molecule has 1 aliphatic rings. The average Bonchev–Trinajstić information content (AvgIpc) is 3.21. The molecule has 0 spiro atoms. The molecule has 2 rings (SSSR count). The lowest BCUT2D eigenvalue weighted by Crippen LogP contribution is -2.26. The van der Waals surface area contributed by atoms with Crippen molar-refractivity contribution in [3.8, 4) is 0 Å². The number of rotatable bonds is 9. The number of unbranched alkanes of at least 4 members (excludes halogenated alkanes) is 2. The number of carbonyl (C=O) groups excluding carboxylic acids is 1. The van der Waals surface area contributed by atoms with Crippen LogP contribution < -0.4 is 5.32 Å². The van der Waals surface area contributed by atoms with Gasteiger partial charge in [0.2, 0.25) is 5.91 Å². The maximum absolute atomic E-state index is 11.7. The molecule has 1 fully saturated rings. The van der Waals surface area contributed by atoms with Crippen molar-refractivity contribution in [3.05, 3.63) is 5.82 Å². The SMILES string of the molecule is CCCCCNC(=O)CSc1nnc(C2CC2)n1CC. The van der Waals surface area contributed by atoms with Gasteiger partial charge < -0.3 is 9.88 Å². The van der Waals surface area contributed by atoms with Crippen LogP contribution >= 0.6 is 11.8 Å². The van der Waals surface area contributed by atoms with Crippen LogP contribution in [0.4, 0.5) is 0 Å². The topological polar surface area (TPSA) is 59.8 Å². The quantitative estimate of drug-likeness (QED) is 0.562. The molecule has 112 valence electrons. The molecule has 1 amide bonds. The highest BCUT2D eigenvalue weighted by Gasteiger charge is 2.30. The Morgan fingerprint density at radius 2 is 2.15 bits per heavy atom. The second-order valence-corrected chi connectivity index (χ2v) is 6.15. The van der Waals surface area contributed by atoms with Crippen molar-refractivity contribution >= 4 is 17.7 Å². The van der Waals surface area contributed by atoms with Crippen LogP contribution in [0.1, 0.15) is 57.7 Å². The zero-order valence-electron chi connectivity index (χ0n) is 12.4. The number of nitrogens with one attached hydrogen (secondary N) is 1. The third-order valence-corrected chi connectivity index (χ3v) is 4.41. The Hall–Kier alpha value is -1.04. The van der Waals surface area contributed by atoms with E-state index in [4.69, 9.17) is 0 Å². The Morgan fingerprint density at radius 3 is 2.80 bits per heavy atom. The van der Waals surface area contributed by atoms with Crippen molar-refractivity contribution in [2.45, 2.75) is 63.6 Å². The van der Waals surface area contributed by atoms with Gasteiger partial charge in [0.1, 0.15) is 5.82 Å². The summed E-state index contributed by atoms with van der Waals surface area (Å²) in [4.78, 5) is 11.7. The Morgan fingerprint density at radius 1 is 1.35 bits per heavy atom. The molecule has 5 nitrogen and oxygen atoms in total. The van der Waals surface area contributed by atoms with Crippen molar-refractivity contribution in [2.75, 3.05) is 12.3 Å². The van der Waals surface area contributed by atoms with Gasteiger partial charge in [-0.05, 0) is 26.2 Å². The summed E-state index contributed by atoms with van der Waals surface area (Å²) in [6.07, 6.45) is 5.85. The lowest BCUT2D eigenvalue weighted by atomic mass is 10.2. The lowest BCUT2D eigenvalue weighted by molar-refractivity contribution is -0.118. The van der Waals surface area contributed by atoms with Gasteiger partial charge >= 0.3 is 0 Å². The summed E-state index contributed by atoms with van der Waals surface area (Å²) in [6.45, 7) is 5.91. The van der Waals surface area contributed by atoms with Crippen LogP contribution in [0.3, 0.4) is 0 Å². The molecule has 6 heteroatoms. The summed E-state index contributed by atoms with van der Waals surface area (Å²) in [6, 6.07) is 0. The standard InChI is InChI=1S/C14H24N4OS/c1-3-5-6-9-15-12(19)10-20-14-17-16-13(11-7-8-11)18(14)4-2/h11H,3-10H2,1-2H3,(H,15,19). The van der Waals surface area contributed by atoms with Gasteiger partial charge in [0.25, 0.3) is 0 Å². The normalized spacial score (nSPS) is 14.5. The zero-order valence-corrected chi connectivity index (χ0v) is 13.2. The van der Waals surface area contributed by atoms with Crippen molar-refractivity contribution in [1.29, 1.82) is 0 Å². The monoisotopic (exact) mass is 296 g/mol. The third-order valence-electron chi connectivity index (χ3n) is 3.44. The molecular weight excluding hydrogens is 272 g/mol. The van der Waals surface area contributed by atoms with E-state index in [1.807, 2.05) is 0 Å². The molecule has 0 unspecified atom stereocenters. The summed E-state index contributed by atoms with van der Waals surface area (Å²) in [5.41, 5.74) is 0. The van der Waals surface area contributed by atoms with Crippen LogP contribution in [0.15, 0.2) is 5.16 Å². The first-order chi connectivity index (χ1) is 9.76. The predicted octanol–water partition coefficient (Wildman–Crippen LogP) is 2.57. The highest BCUT2D eigenvalue weighted by Crippen LogP contribution is 2.39. The number of carbonyl (C=O) groups is 1. The van der Waals surface area contributed by atoms with Gasteiger partial charge in [-0.2, -0.15) is 0 Å². The molecule has 0 radical (unpaired) electrons. The second-order valence-electron chi connectivity index (χ2n) is 5.21. The minimum atomic E-state index is 0.0877.